The van der Waals surface area contributed by atoms with Crippen LogP contribution in [0.4, 0.5) is 5.69 Å². The van der Waals surface area contributed by atoms with Gasteiger partial charge in [0.05, 0.1) is 0 Å². The quantitative estimate of drug-likeness (QED) is 0.817. The molecule has 1 aromatic rings. The summed E-state index contributed by atoms with van der Waals surface area (Å²) in [4.78, 5) is 0. The summed E-state index contributed by atoms with van der Waals surface area (Å²) in [6.45, 7) is 4.94. The minimum atomic E-state index is 0.215. The first-order chi connectivity index (χ1) is 8.28. The molecular formula is C13H20N3O. The summed E-state index contributed by atoms with van der Waals surface area (Å²) in [5, 5.41) is 15.6. The molecule has 0 bridgehead atoms. The van der Waals surface area contributed by atoms with Crippen molar-refractivity contribution in [2.45, 2.75) is 19.4 Å². The Hall–Kier alpha value is -1.10. The molecular weight excluding hydrogens is 214 g/mol. The standard InChI is InChI=1S/C13H20N3O/c1-11-3-2-4-12(9-11)15-16-7-6-14-13(10-16)5-8-17/h2-4,9,13,15,17H,5-8,10H2,1H3. The molecule has 0 spiro atoms. The SMILES string of the molecule is Cc1cccc(NN2CC[N]C(CCO)C2)c1. The van der Waals surface area contributed by atoms with Crippen molar-refractivity contribution in [2.75, 3.05) is 31.7 Å². The lowest BCUT2D eigenvalue weighted by molar-refractivity contribution is 0.193. The number of nitrogens with one attached hydrogen (secondary N) is 1. The number of hydrazine groups is 1. The number of aliphatic hydroxyl groups excluding tert-OH is 1. The Kier molecular flexibility index (Phi) is 4.36. The Balaban J connectivity index is 1.90. The first-order valence-electron chi connectivity index (χ1n) is 6.13. The van der Waals surface area contributed by atoms with Crippen molar-refractivity contribution in [3.8, 4) is 0 Å². The second-order valence-corrected chi connectivity index (χ2v) is 4.50. The van der Waals surface area contributed by atoms with Gasteiger partial charge in [-0.05, 0) is 31.0 Å². The van der Waals surface area contributed by atoms with Crippen LogP contribution >= 0.6 is 0 Å². The molecule has 1 aliphatic heterocycles. The van der Waals surface area contributed by atoms with Crippen LogP contribution in [-0.4, -0.2) is 42.4 Å². The Labute approximate surface area is 103 Å². The number of rotatable bonds is 4. The molecule has 0 aliphatic carbocycles. The van der Waals surface area contributed by atoms with Crippen LogP contribution in [-0.2, 0) is 0 Å². The van der Waals surface area contributed by atoms with Gasteiger partial charge < -0.3 is 10.5 Å². The maximum atomic E-state index is 8.93. The third kappa shape index (κ3) is 3.70. The second-order valence-electron chi connectivity index (χ2n) is 4.50. The van der Waals surface area contributed by atoms with Crippen molar-refractivity contribution >= 4 is 5.69 Å². The fourth-order valence-electron chi connectivity index (χ4n) is 2.09. The fourth-order valence-corrected chi connectivity index (χ4v) is 2.09. The summed E-state index contributed by atoms with van der Waals surface area (Å²) in [5.74, 6) is 0. The van der Waals surface area contributed by atoms with Crippen LogP contribution < -0.4 is 10.7 Å². The zero-order valence-corrected chi connectivity index (χ0v) is 10.3. The largest absolute Gasteiger partial charge is 0.396 e. The van der Waals surface area contributed by atoms with Gasteiger partial charge in [0, 0.05) is 38.0 Å². The van der Waals surface area contributed by atoms with Gasteiger partial charge in [-0.25, -0.2) is 10.3 Å². The summed E-state index contributed by atoms with van der Waals surface area (Å²) in [7, 11) is 0. The van der Waals surface area contributed by atoms with E-state index in [9.17, 15) is 0 Å². The van der Waals surface area contributed by atoms with Gasteiger partial charge >= 0.3 is 0 Å². The molecule has 1 radical (unpaired) electrons. The van der Waals surface area contributed by atoms with Gasteiger partial charge in [-0.3, -0.25) is 0 Å². The molecule has 2 rings (SSSR count). The van der Waals surface area contributed by atoms with Gasteiger partial charge in [0.1, 0.15) is 0 Å². The van der Waals surface area contributed by atoms with Crippen molar-refractivity contribution in [3.63, 3.8) is 0 Å². The number of nitrogens with zero attached hydrogens (tertiary/aromatic N) is 2. The highest BCUT2D eigenvalue weighted by atomic mass is 16.3. The molecule has 1 aromatic carbocycles. The molecule has 1 saturated heterocycles. The van der Waals surface area contributed by atoms with Gasteiger partial charge in [-0.1, -0.05) is 12.1 Å². The normalized spacial score (nSPS) is 21.4. The second kappa shape index (κ2) is 6.00. The lowest BCUT2D eigenvalue weighted by atomic mass is 10.1. The highest BCUT2D eigenvalue weighted by molar-refractivity contribution is 5.44. The summed E-state index contributed by atoms with van der Waals surface area (Å²) in [6.07, 6.45) is 0.756. The van der Waals surface area contributed by atoms with E-state index in [0.29, 0.717) is 0 Å². The number of hydrogen-bond donors (Lipinski definition) is 2. The topological polar surface area (TPSA) is 49.6 Å². The molecule has 93 valence electrons. The van der Waals surface area contributed by atoms with Crippen LogP contribution in [0.25, 0.3) is 0 Å². The molecule has 1 heterocycles. The smallest absolute Gasteiger partial charge is 0.0492 e. The minimum absolute atomic E-state index is 0.215. The van der Waals surface area contributed by atoms with Crippen LogP contribution in [0.1, 0.15) is 12.0 Å². The van der Waals surface area contributed by atoms with E-state index in [2.05, 4.69) is 46.9 Å². The Bertz CT molecular complexity index is 354. The van der Waals surface area contributed by atoms with E-state index in [1.54, 1.807) is 0 Å². The van der Waals surface area contributed by atoms with Crippen molar-refractivity contribution in [1.29, 1.82) is 0 Å². The van der Waals surface area contributed by atoms with Crippen LogP contribution in [0, 0.1) is 6.92 Å². The lowest BCUT2D eigenvalue weighted by Gasteiger charge is -2.33. The molecule has 4 heteroatoms. The molecule has 0 amide bonds. The predicted molar refractivity (Wildman–Crippen MR) is 68.9 cm³/mol. The molecule has 1 fully saturated rings. The molecule has 1 unspecified atom stereocenters. The zero-order chi connectivity index (χ0) is 12.1. The lowest BCUT2D eigenvalue weighted by Crippen LogP contribution is -2.49. The summed E-state index contributed by atoms with van der Waals surface area (Å²) >= 11 is 0. The third-order valence-electron chi connectivity index (χ3n) is 2.96. The van der Waals surface area contributed by atoms with Gasteiger partial charge in [-0.15, -0.1) is 0 Å². The number of hydrogen-bond acceptors (Lipinski definition) is 3. The third-order valence-corrected chi connectivity index (χ3v) is 2.96. The van der Waals surface area contributed by atoms with E-state index in [1.807, 2.05) is 0 Å². The highest BCUT2D eigenvalue weighted by Gasteiger charge is 2.19. The number of aliphatic hydroxyl groups is 1. The Morgan fingerprint density at radius 1 is 1.53 bits per heavy atom. The summed E-state index contributed by atoms with van der Waals surface area (Å²) in [6, 6.07) is 8.60. The Morgan fingerprint density at radius 2 is 2.41 bits per heavy atom. The van der Waals surface area contributed by atoms with E-state index in [0.717, 1.165) is 31.7 Å². The molecule has 2 N–H and O–H groups in total. The van der Waals surface area contributed by atoms with Crippen LogP contribution in [0.2, 0.25) is 0 Å². The van der Waals surface area contributed by atoms with Gasteiger partial charge in [-0.2, -0.15) is 0 Å². The maximum Gasteiger partial charge on any atom is 0.0492 e. The van der Waals surface area contributed by atoms with Gasteiger partial charge in [0.15, 0.2) is 0 Å². The van der Waals surface area contributed by atoms with Gasteiger partial charge in [0.2, 0.25) is 0 Å². The van der Waals surface area contributed by atoms with Crippen LogP contribution in [0.3, 0.4) is 0 Å². The van der Waals surface area contributed by atoms with E-state index in [-0.39, 0.29) is 12.6 Å². The molecule has 0 aromatic heterocycles. The number of aryl methyl sites for hydroxylation is 1. The number of benzene rings is 1. The maximum absolute atomic E-state index is 8.93. The predicted octanol–water partition coefficient (Wildman–Crippen LogP) is 0.993. The highest BCUT2D eigenvalue weighted by Crippen LogP contribution is 2.12. The monoisotopic (exact) mass is 234 g/mol. The van der Waals surface area contributed by atoms with Crippen molar-refractivity contribution in [1.82, 2.24) is 10.3 Å². The minimum Gasteiger partial charge on any atom is -0.396 e. The van der Waals surface area contributed by atoms with E-state index in [1.165, 1.54) is 5.56 Å². The molecule has 17 heavy (non-hydrogen) atoms. The number of piperazine rings is 1. The van der Waals surface area contributed by atoms with Crippen LogP contribution in [0.15, 0.2) is 24.3 Å². The summed E-state index contributed by atoms with van der Waals surface area (Å²) < 4.78 is 0. The Morgan fingerprint density at radius 3 is 3.18 bits per heavy atom. The van der Waals surface area contributed by atoms with Gasteiger partial charge in [0.25, 0.3) is 0 Å². The van der Waals surface area contributed by atoms with E-state index in [4.69, 9.17) is 5.11 Å². The average molecular weight is 234 g/mol. The summed E-state index contributed by atoms with van der Waals surface area (Å²) in [5.41, 5.74) is 5.78. The zero-order valence-electron chi connectivity index (χ0n) is 10.3. The number of anilines is 1. The van der Waals surface area contributed by atoms with E-state index >= 15 is 0 Å². The van der Waals surface area contributed by atoms with Crippen molar-refractivity contribution < 1.29 is 5.11 Å². The molecule has 1 aliphatic rings. The molecule has 4 nitrogen and oxygen atoms in total. The van der Waals surface area contributed by atoms with Crippen LogP contribution in [0.5, 0.6) is 0 Å². The molecule has 1 atom stereocenters. The molecule has 0 saturated carbocycles. The average Bonchev–Trinajstić information content (AvgIpc) is 2.30. The first-order valence-corrected chi connectivity index (χ1v) is 6.13. The fraction of sp³-hybridized carbons (Fsp3) is 0.538. The first kappa shape index (κ1) is 12.4. The van der Waals surface area contributed by atoms with Crippen molar-refractivity contribution in [2.24, 2.45) is 0 Å². The van der Waals surface area contributed by atoms with E-state index < -0.39 is 0 Å². The van der Waals surface area contributed by atoms with Crippen molar-refractivity contribution in [3.05, 3.63) is 29.8 Å².